The summed E-state index contributed by atoms with van der Waals surface area (Å²) >= 11 is 8.27. The van der Waals surface area contributed by atoms with E-state index in [1.54, 1.807) is 27.8 Å². The topological polar surface area (TPSA) is 59.0 Å². The number of carbonyl (C=O) groups excluding carboxylic acids is 1. The van der Waals surface area contributed by atoms with Crippen LogP contribution in [0, 0.1) is 0 Å². The molecule has 0 bridgehead atoms. The Labute approximate surface area is 106 Å². The van der Waals surface area contributed by atoms with Crippen molar-refractivity contribution in [1.29, 1.82) is 0 Å². The minimum atomic E-state index is -2.94. The van der Waals surface area contributed by atoms with Gasteiger partial charge in [-0.2, -0.15) is 0 Å². The van der Waals surface area contributed by atoms with Crippen molar-refractivity contribution >= 4 is 35.8 Å². The first kappa shape index (κ1) is 16.2. The summed E-state index contributed by atoms with van der Waals surface area (Å²) < 4.78 is 9.99. The van der Waals surface area contributed by atoms with Crippen LogP contribution in [0.15, 0.2) is 0 Å². The Morgan fingerprint density at radius 3 is 2.44 bits per heavy atom. The van der Waals surface area contributed by atoms with Crippen molar-refractivity contribution in [3.05, 3.63) is 0 Å². The van der Waals surface area contributed by atoms with Crippen LogP contribution < -0.4 is 0 Å². The lowest BCUT2D eigenvalue weighted by Gasteiger charge is -2.24. The van der Waals surface area contributed by atoms with Crippen molar-refractivity contribution in [2.75, 3.05) is 20.2 Å². The molecule has 0 aromatic rings. The lowest BCUT2D eigenvalue weighted by Crippen LogP contribution is -2.35. The van der Waals surface area contributed by atoms with Crippen LogP contribution in [-0.2, 0) is 21.1 Å². The third kappa shape index (κ3) is 9.42. The molecule has 96 valence electrons. The molecule has 0 unspecified atom stereocenters. The third-order valence-electron chi connectivity index (χ3n) is 1.39. The van der Waals surface area contributed by atoms with Crippen LogP contribution in [0.5, 0.6) is 0 Å². The number of ether oxygens (including phenoxy) is 1. The van der Waals surface area contributed by atoms with Crippen molar-refractivity contribution in [2.45, 2.75) is 26.4 Å². The van der Waals surface area contributed by atoms with E-state index in [4.69, 9.17) is 14.2 Å². The molecule has 0 radical (unpaired) electrons. The van der Waals surface area contributed by atoms with Gasteiger partial charge in [0.05, 0.1) is 6.61 Å². The molecule has 0 aliphatic heterocycles. The van der Waals surface area contributed by atoms with Crippen LogP contribution in [0.2, 0.25) is 0 Å². The van der Waals surface area contributed by atoms with Gasteiger partial charge in [0.2, 0.25) is 5.69 Å². The van der Waals surface area contributed by atoms with E-state index in [9.17, 15) is 4.79 Å². The Bertz CT molecular complexity index is 286. The zero-order valence-corrected chi connectivity index (χ0v) is 12.4. The first-order valence-electron chi connectivity index (χ1n) is 4.65. The Kier molecular flexibility index (Phi) is 6.29. The Morgan fingerprint density at radius 2 is 2.06 bits per heavy atom. The number of amides is 1. The van der Waals surface area contributed by atoms with Crippen LogP contribution in [-0.4, -0.2) is 41.7 Å². The van der Waals surface area contributed by atoms with Crippen LogP contribution in [0.25, 0.3) is 0 Å². The number of nitrogens with zero attached hydrogens (tertiary/aromatic N) is 1. The van der Waals surface area contributed by atoms with E-state index >= 15 is 0 Å². The monoisotopic (exact) mass is 287 g/mol. The van der Waals surface area contributed by atoms with Crippen LogP contribution in [0.3, 0.4) is 0 Å². The number of hydrogen-bond acceptors (Lipinski definition) is 4. The fourth-order valence-electron chi connectivity index (χ4n) is 0.728. The average Bonchev–Trinajstić information content (AvgIpc) is 1.98. The normalized spacial score (nSPS) is 15.4. The molecule has 0 heterocycles. The number of rotatable bonds is 4. The quantitative estimate of drug-likeness (QED) is 0.612. The number of hydrogen-bond donors (Lipinski definition) is 2. The largest absolute Gasteiger partial charge is 0.444 e. The summed E-state index contributed by atoms with van der Waals surface area (Å²) in [6.45, 7) is 5.78. The highest BCUT2D eigenvalue weighted by atomic mass is 32.9. The van der Waals surface area contributed by atoms with E-state index in [2.05, 4.69) is 24.1 Å². The molecule has 1 atom stereocenters. The highest BCUT2D eigenvalue weighted by Gasteiger charge is 2.19. The van der Waals surface area contributed by atoms with Gasteiger partial charge in [-0.25, -0.2) is 4.79 Å². The van der Waals surface area contributed by atoms with Crippen molar-refractivity contribution in [3.63, 3.8) is 0 Å². The lowest BCUT2D eigenvalue weighted by molar-refractivity contribution is 0.0279. The molecular weight excluding hydrogens is 269 g/mol. The van der Waals surface area contributed by atoms with E-state index in [1.807, 2.05) is 0 Å². The molecule has 0 aromatic carbocycles. The summed E-state index contributed by atoms with van der Waals surface area (Å²) in [4.78, 5) is 21.9. The maximum Gasteiger partial charge on any atom is 0.410 e. The molecule has 0 aromatic heterocycles. The molecule has 0 aliphatic carbocycles. The Balaban J connectivity index is 3.94. The van der Waals surface area contributed by atoms with Gasteiger partial charge >= 0.3 is 6.09 Å². The molecule has 1 amide bonds. The van der Waals surface area contributed by atoms with Crippen molar-refractivity contribution < 1.29 is 18.9 Å². The second-order valence-corrected chi connectivity index (χ2v) is 9.39. The molecule has 0 saturated carbocycles. The second-order valence-electron chi connectivity index (χ2n) is 4.23. The van der Waals surface area contributed by atoms with Gasteiger partial charge in [0.25, 0.3) is 0 Å². The molecule has 8 heteroatoms. The van der Waals surface area contributed by atoms with Crippen LogP contribution in [0.4, 0.5) is 4.79 Å². The van der Waals surface area contributed by atoms with E-state index in [-0.39, 0.29) is 13.2 Å². The first-order valence-corrected chi connectivity index (χ1v) is 8.48. The van der Waals surface area contributed by atoms with E-state index in [1.165, 1.54) is 4.90 Å². The van der Waals surface area contributed by atoms with Gasteiger partial charge in [0, 0.05) is 13.6 Å². The van der Waals surface area contributed by atoms with Gasteiger partial charge in [0.1, 0.15) is 5.60 Å². The predicted molar refractivity (Wildman–Crippen MR) is 70.3 cm³/mol. The summed E-state index contributed by atoms with van der Waals surface area (Å²) in [7, 11) is 1.58. The SMILES string of the molecule is CN(CCO[P@](O)(=S)S)C(=O)OC(C)(C)C. The van der Waals surface area contributed by atoms with Crippen molar-refractivity contribution in [2.24, 2.45) is 0 Å². The standard InChI is InChI=1S/C8H18NO4PS2/c1-8(2,3)13-7(10)9(4)5-6-12-14(11,15)16/h5-6H2,1-4H3,(H2,11,15,16). The van der Waals surface area contributed by atoms with Gasteiger partial charge in [-0.05, 0) is 32.6 Å². The lowest BCUT2D eigenvalue weighted by atomic mass is 10.2. The zero-order chi connectivity index (χ0) is 13.0. The fourth-order valence-corrected chi connectivity index (χ4v) is 1.52. The van der Waals surface area contributed by atoms with E-state index in [0.29, 0.717) is 0 Å². The van der Waals surface area contributed by atoms with Gasteiger partial charge in [0.15, 0.2) is 0 Å². The van der Waals surface area contributed by atoms with Crippen LogP contribution >= 0.6 is 17.9 Å². The molecule has 0 aliphatic rings. The second kappa shape index (κ2) is 6.21. The number of carbonyl (C=O) groups is 1. The van der Waals surface area contributed by atoms with Crippen molar-refractivity contribution in [1.82, 2.24) is 4.90 Å². The summed E-state index contributed by atoms with van der Waals surface area (Å²) in [6.07, 6.45) is -0.443. The average molecular weight is 287 g/mol. The molecule has 0 rings (SSSR count). The highest BCUT2D eigenvalue weighted by Crippen LogP contribution is 2.46. The predicted octanol–water partition coefficient (Wildman–Crippen LogP) is 2.02. The Morgan fingerprint density at radius 1 is 1.56 bits per heavy atom. The van der Waals surface area contributed by atoms with E-state index in [0.717, 1.165) is 0 Å². The minimum absolute atomic E-state index is 0.132. The number of thiol groups is 1. The maximum absolute atomic E-state index is 11.5. The van der Waals surface area contributed by atoms with Crippen molar-refractivity contribution in [3.8, 4) is 0 Å². The third-order valence-corrected chi connectivity index (χ3v) is 2.57. The maximum atomic E-state index is 11.5. The Hall–Kier alpha value is 0.190. The summed E-state index contributed by atoms with van der Waals surface area (Å²) in [5.74, 6) is 0. The molecule has 5 nitrogen and oxygen atoms in total. The van der Waals surface area contributed by atoms with E-state index < -0.39 is 17.4 Å². The molecular formula is C8H18NO4PS2. The first-order chi connectivity index (χ1) is 7.01. The van der Waals surface area contributed by atoms with Crippen LogP contribution in [0.1, 0.15) is 20.8 Å². The molecule has 1 N–H and O–H groups in total. The molecule has 0 fully saturated rings. The zero-order valence-electron chi connectivity index (χ0n) is 9.84. The molecule has 0 saturated heterocycles. The van der Waals surface area contributed by atoms with Gasteiger partial charge < -0.3 is 19.1 Å². The number of likely N-dealkylation sites (N-methyl/N-ethyl adjacent to an activating group) is 1. The van der Waals surface area contributed by atoms with Gasteiger partial charge in [-0.15, -0.1) is 0 Å². The summed E-state index contributed by atoms with van der Waals surface area (Å²) in [5.41, 5.74) is -3.47. The van der Waals surface area contributed by atoms with Gasteiger partial charge in [-0.1, -0.05) is 12.2 Å². The fraction of sp³-hybridized carbons (Fsp3) is 0.875. The van der Waals surface area contributed by atoms with Gasteiger partial charge in [-0.3, -0.25) is 0 Å². The smallest absolute Gasteiger partial charge is 0.410 e. The summed E-state index contributed by atoms with van der Waals surface area (Å²) in [5, 5.41) is 0. The minimum Gasteiger partial charge on any atom is -0.444 e. The molecule has 0 spiro atoms. The summed E-state index contributed by atoms with van der Waals surface area (Å²) in [6, 6.07) is 0. The molecule has 16 heavy (non-hydrogen) atoms. The highest BCUT2D eigenvalue weighted by molar-refractivity contribution is 8.59.